The van der Waals surface area contributed by atoms with Crippen LogP contribution in [-0.2, 0) is 4.79 Å². The number of non-ortho nitro benzene ring substituents is 1. The van der Waals surface area contributed by atoms with Crippen LogP contribution < -0.4 is 14.8 Å². The topological polar surface area (TPSA) is 103 Å². The maximum Gasteiger partial charge on any atom is 0.269 e. The lowest BCUT2D eigenvalue weighted by atomic mass is 10.1. The first-order valence-electron chi connectivity index (χ1n) is 8.95. The van der Waals surface area contributed by atoms with Gasteiger partial charge in [0.1, 0.15) is 0 Å². The summed E-state index contributed by atoms with van der Waals surface area (Å²) in [5, 5.41) is 14.2. The fraction of sp³-hybridized carbons (Fsp3) is 0.200. The van der Waals surface area contributed by atoms with E-state index in [1.807, 2.05) is 6.92 Å². The molecule has 1 amide bonds. The van der Waals surface area contributed by atoms with Crippen molar-refractivity contribution < 1.29 is 19.2 Å². The number of amidine groups is 1. The van der Waals surface area contributed by atoms with Crippen molar-refractivity contribution in [1.29, 1.82) is 0 Å². The molecule has 2 aromatic carbocycles. The summed E-state index contributed by atoms with van der Waals surface area (Å²) in [6, 6.07) is 9.09. The van der Waals surface area contributed by atoms with Gasteiger partial charge in [0.05, 0.1) is 34.3 Å². The van der Waals surface area contributed by atoms with Gasteiger partial charge < -0.3 is 14.8 Å². The van der Waals surface area contributed by atoms with Crippen molar-refractivity contribution in [3.05, 3.63) is 62.0 Å². The first-order valence-corrected chi connectivity index (χ1v) is 10.1. The van der Waals surface area contributed by atoms with Gasteiger partial charge in [0, 0.05) is 18.2 Å². The van der Waals surface area contributed by atoms with Gasteiger partial charge in [-0.3, -0.25) is 14.9 Å². The van der Waals surface area contributed by atoms with Crippen LogP contribution in [0.2, 0.25) is 5.02 Å². The van der Waals surface area contributed by atoms with Crippen LogP contribution in [-0.4, -0.2) is 29.7 Å². The normalized spacial score (nSPS) is 16.0. The molecule has 2 aromatic rings. The summed E-state index contributed by atoms with van der Waals surface area (Å²) in [6.45, 7) is 2.53. The van der Waals surface area contributed by atoms with Crippen molar-refractivity contribution in [3.63, 3.8) is 0 Å². The van der Waals surface area contributed by atoms with E-state index in [1.165, 1.54) is 31.4 Å². The number of carbonyl (C=O) groups is 1. The molecule has 10 heteroatoms. The molecule has 1 aliphatic rings. The summed E-state index contributed by atoms with van der Waals surface area (Å²) in [5.74, 6) is 0.736. The zero-order valence-corrected chi connectivity index (χ0v) is 17.7. The van der Waals surface area contributed by atoms with Gasteiger partial charge in [-0.1, -0.05) is 18.5 Å². The molecule has 0 spiro atoms. The molecule has 1 aliphatic heterocycles. The number of halogens is 1. The molecule has 8 nitrogen and oxygen atoms in total. The van der Waals surface area contributed by atoms with Crippen molar-refractivity contribution in [2.75, 3.05) is 13.7 Å². The summed E-state index contributed by atoms with van der Waals surface area (Å²) < 4.78 is 11.0. The number of nitrogens with one attached hydrogen (secondary N) is 1. The molecule has 3 rings (SSSR count). The molecule has 0 aromatic heterocycles. The van der Waals surface area contributed by atoms with E-state index < -0.39 is 4.92 Å². The standard InChI is InChI=1S/C20H18ClN3O5S/c1-3-8-29-17-11-15(21)12(9-16(17)28-2)10-18-19(25)23-20(30-18)22-13-4-6-14(7-5-13)24(26)27/h4-7,9-11H,3,8H2,1-2H3,(H,22,23,25). The summed E-state index contributed by atoms with van der Waals surface area (Å²) >= 11 is 7.51. The van der Waals surface area contributed by atoms with Crippen LogP contribution in [0, 0.1) is 10.1 Å². The number of thioether (sulfide) groups is 1. The van der Waals surface area contributed by atoms with E-state index in [0.717, 1.165) is 18.2 Å². The maximum absolute atomic E-state index is 12.3. The monoisotopic (exact) mass is 447 g/mol. The van der Waals surface area contributed by atoms with Crippen LogP contribution in [0.4, 0.5) is 11.4 Å². The zero-order chi connectivity index (χ0) is 21.7. The van der Waals surface area contributed by atoms with Crippen molar-refractivity contribution in [3.8, 4) is 11.5 Å². The van der Waals surface area contributed by atoms with Crippen LogP contribution in [0.15, 0.2) is 46.3 Å². The lowest BCUT2D eigenvalue weighted by Gasteiger charge is -2.12. The van der Waals surface area contributed by atoms with E-state index in [2.05, 4.69) is 10.3 Å². The first-order chi connectivity index (χ1) is 14.4. The molecule has 0 bridgehead atoms. The summed E-state index contributed by atoms with van der Waals surface area (Å²) in [6.07, 6.45) is 2.49. The van der Waals surface area contributed by atoms with Gasteiger partial charge in [-0.2, -0.15) is 0 Å². The van der Waals surface area contributed by atoms with Crippen molar-refractivity contribution >= 4 is 51.9 Å². The number of hydrogen-bond acceptors (Lipinski definition) is 7. The Hall–Kier alpha value is -3.04. The van der Waals surface area contributed by atoms with Crippen LogP contribution in [0.5, 0.6) is 11.5 Å². The molecule has 156 valence electrons. The first kappa shape index (κ1) is 21.7. The quantitative estimate of drug-likeness (QED) is 0.366. The van der Waals surface area contributed by atoms with Gasteiger partial charge in [0.15, 0.2) is 16.7 Å². The predicted octanol–water partition coefficient (Wildman–Crippen LogP) is 4.94. The molecule has 0 radical (unpaired) electrons. The van der Waals surface area contributed by atoms with Crippen LogP contribution in [0.25, 0.3) is 6.08 Å². The molecule has 30 heavy (non-hydrogen) atoms. The Labute approximate surface area is 182 Å². The second kappa shape index (κ2) is 9.64. The number of rotatable bonds is 7. The third kappa shape index (κ3) is 5.11. The highest BCUT2D eigenvalue weighted by atomic mass is 35.5. The highest BCUT2D eigenvalue weighted by Gasteiger charge is 2.24. The van der Waals surface area contributed by atoms with Crippen molar-refractivity contribution in [2.45, 2.75) is 13.3 Å². The molecular formula is C20H18ClN3O5S. The predicted molar refractivity (Wildman–Crippen MR) is 118 cm³/mol. The Bertz CT molecular complexity index is 1040. The van der Waals surface area contributed by atoms with E-state index in [0.29, 0.717) is 44.5 Å². The molecule has 0 unspecified atom stereocenters. The molecular weight excluding hydrogens is 430 g/mol. The van der Waals surface area contributed by atoms with E-state index in [9.17, 15) is 14.9 Å². The minimum atomic E-state index is -0.486. The molecule has 0 saturated carbocycles. The summed E-state index contributed by atoms with van der Waals surface area (Å²) in [4.78, 5) is 27.3. The summed E-state index contributed by atoms with van der Waals surface area (Å²) in [5.41, 5.74) is 1.06. The third-order valence-corrected chi connectivity index (χ3v) is 5.21. The number of methoxy groups -OCH3 is 1. The molecule has 1 saturated heterocycles. The number of benzene rings is 2. The molecule has 1 N–H and O–H groups in total. The van der Waals surface area contributed by atoms with Crippen molar-refractivity contribution in [1.82, 2.24) is 5.32 Å². The Balaban J connectivity index is 1.83. The fourth-order valence-electron chi connectivity index (χ4n) is 2.53. The zero-order valence-electron chi connectivity index (χ0n) is 16.2. The Kier molecular flexibility index (Phi) is 6.96. The number of nitrogens with zero attached hydrogens (tertiary/aromatic N) is 2. The second-order valence-corrected chi connectivity index (χ2v) is 7.57. The highest BCUT2D eigenvalue weighted by molar-refractivity contribution is 8.18. The van der Waals surface area contributed by atoms with Crippen LogP contribution in [0.3, 0.4) is 0 Å². The van der Waals surface area contributed by atoms with Gasteiger partial charge in [-0.15, -0.1) is 0 Å². The van der Waals surface area contributed by atoms with Gasteiger partial charge in [-0.05, 0) is 48.0 Å². The number of aliphatic imine (C=N–C) groups is 1. The number of nitro benzene ring substituents is 1. The average Bonchev–Trinajstić information content (AvgIpc) is 3.07. The summed E-state index contributed by atoms with van der Waals surface area (Å²) in [7, 11) is 1.53. The molecule has 1 heterocycles. The van der Waals surface area contributed by atoms with Crippen LogP contribution in [0.1, 0.15) is 18.9 Å². The Morgan fingerprint density at radius 2 is 2.00 bits per heavy atom. The van der Waals surface area contributed by atoms with Crippen molar-refractivity contribution in [2.24, 2.45) is 4.99 Å². The van der Waals surface area contributed by atoms with Gasteiger partial charge in [0.25, 0.3) is 11.6 Å². The van der Waals surface area contributed by atoms with Gasteiger partial charge in [0.2, 0.25) is 0 Å². The maximum atomic E-state index is 12.3. The van der Waals surface area contributed by atoms with E-state index in [4.69, 9.17) is 21.1 Å². The minimum absolute atomic E-state index is 0.0300. The number of amides is 1. The Morgan fingerprint density at radius 1 is 1.27 bits per heavy atom. The smallest absolute Gasteiger partial charge is 0.269 e. The van der Waals surface area contributed by atoms with Gasteiger partial charge >= 0.3 is 0 Å². The fourth-order valence-corrected chi connectivity index (χ4v) is 3.57. The second-order valence-electron chi connectivity index (χ2n) is 6.13. The minimum Gasteiger partial charge on any atom is -0.493 e. The lowest BCUT2D eigenvalue weighted by molar-refractivity contribution is -0.384. The molecule has 0 aliphatic carbocycles. The largest absolute Gasteiger partial charge is 0.493 e. The Morgan fingerprint density at radius 3 is 2.63 bits per heavy atom. The van der Waals surface area contributed by atoms with Gasteiger partial charge in [-0.25, -0.2) is 4.99 Å². The number of hydrogen-bond donors (Lipinski definition) is 1. The lowest BCUT2D eigenvalue weighted by Crippen LogP contribution is -2.19. The number of ether oxygens (including phenoxy) is 2. The number of carbonyl (C=O) groups excluding carboxylic acids is 1. The van der Waals surface area contributed by atoms with E-state index >= 15 is 0 Å². The third-order valence-electron chi connectivity index (χ3n) is 3.97. The van der Waals surface area contributed by atoms with Crippen LogP contribution >= 0.6 is 23.4 Å². The highest BCUT2D eigenvalue weighted by Crippen LogP contribution is 2.36. The van der Waals surface area contributed by atoms with E-state index in [-0.39, 0.29) is 11.6 Å². The molecule has 0 atom stereocenters. The SMILES string of the molecule is CCCOc1cc(Cl)c(C=C2SC(=Nc3ccc([N+](=O)[O-])cc3)NC2=O)cc1OC. The van der Waals surface area contributed by atoms with E-state index in [1.54, 1.807) is 18.2 Å². The molecule has 1 fully saturated rings. The average molecular weight is 448 g/mol. The number of nitro groups is 1.